The molecule has 1 amide bonds. The first-order chi connectivity index (χ1) is 11.7. The van der Waals surface area contributed by atoms with Crippen LogP contribution < -0.4 is 4.90 Å². The van der Waals surface area contributed by atoms with Crippen LogP contribution in [0, 0.1) is 17.1 Å². The molecule has 122 valence electrons. The molecule has 0 spiro atoms. The van der Waals surface area contributed by atoms with E-state index in [9.17, 15) is 9.18 Å². The van der Waals surface area contributed by atoms with E-state index in [0.717, 1.165) is 18.7 Å². The minimum absolute atomic E-state index is 0.0481. The quantitative estimate of drug-likeness (QED) is 0.853. The zero-order valence-corrected chi connectivity index (χ0v) is 13.3. The summed E-state index contributed by atoms with van der Waals surface area (Å²) in [5.41, 5.74) is 2.00. The van der Waals surface area contributed by atoms with Crippen LogP contribution in [0.4, 0.5) is 10.1 Å². The highest BCUT2D eigenvalue weighted by Gasteiger charge is 2.20. The Morgan fingerprint density at radius 1 is 1.04 bits per heavy atom. The topological polar surface area (TPSA) is 47.3 Å². The summed E-state index contributed by atoms with van der Waals surface area (Å²) in [5.74, 6) is -0.296. The molecule has 1 saturated heterocycles. The van der Waals surface area contributed by atoms with Gasteiger partial charge in [-0.1, -0.05) is 6.07 Å². The maximum Gasteiger partial charge on any atom is 0.253 e. The largest absolute Gasteiger partial charge is 0.370 e. The van der Waals surface area contributed by atoms with E-state index in [2.05, 4.69) is 11.0 Å². The normalized spacial score (nSPS) is 14.8. The Morgan fingerprint density at radius 3 is 2.58 bits per heavy atom. The molecule has 1 aliphatic rings. The highest BCUT2D eigenvalue weighted by molar-refractivity contribution is 5.94. The van der Waals surface area contributed by atoms with Gasteiger partial charge in [-0.2, -0.15) is 5.26 Å². The molecule has 2 aromatic carbocycles. The van der Waals surface area contributed by atoms with E-state index in [4.69, 9.17) is 5.26 Å². The number of hydrogen-bond donors (Lipinski definition) is 0. The van der Waals surface area contributed by atoms with Crippen LogP contribution in [-0.2, 0) is 0 Å². The fourth-order valence-electron chi connectivity index (χ4n) is 2.94. The molecule has 0 radical (unpaired) electrons. The minimum Gasteiger partial charge on any atom is -0.370 e. The second-order valence-electron chi connectivity index (χ2n) is 5.80. The number of nitrogens with zero attached hydrogens (tertiary/aromatic N) is 3. The molecule has 5 heteroatoms. The van der Waals surface area contributed by atoms with Crippen LogP contribution in [0.15, 0.2) is 48.5 Å². The Bertz CT molecular complexity index is 767. The lowest BCUT2D eigenvalue weighted by Gasteiger charge is -2.23. The van der Waals surface area contributed by atoms with Gasteiger partial charge in [0.2, 0.25) is 0 Å². The number of benzene rings is 2. The van der Waals surface area contributed by atoms with Gasteiger partial charge in [0.05, 0.1) is 11.6 Å². The van der Waals surface area contributed by atoms with Crippen LogP contribution in [0.5, 0.6) is 0 Å². The molecule has 0 N–H and O–H groups in total. The van der Waals surface area contributed by atoms with Crippen molar-refractivity contribution in [2.45, 2.75) is 6.42 Å². The molecular formula is C19H18FN3O. The van der Waals surface area contributed by atoms with E-state index >= 15 is 0 Å². The van der Waals surface area contributed by atoms with Gasteiger partial charge in [-0.25, -0.2) is 4.39 Å². The third-order valence-corrected chi connectivity index (χ3v) is 4.21. The number of hydrogen-bond acceptors (Lipinski definition) is 3. The van der Waals surface area contributed by atoms with E-state index in [0.29, 0.717) is 30.8 Å². The number of anilines is 1. The summed E-state index contributed by atoms with van der Waals surface area (Å²) in [5, 5.41) is 8.97. The Hall–Kier alpha value is -2.87. The van der Waals surface area contributed by atoms with Crippen molar-refractivity contribution in [3.8, 4) is 6.07 Å². The molecule has 1 fully saturated rings. The lowest BCUT2D eigenvalue weighted by atomic mass is 10.1. The maximum absolute atomic E-state index is 13.1. The standard InChI is InChI=1S/C19H18FN3O/c20-17-5-7-18(8-6-17)22-9-2-10-23(12-11-22)19(24)16-4-1-3-15(13-16)14-21/h1,3-8,13H,2,9-12H2. The molecule has 4 nitrogen and oxygen atoms in total. The highest BCUT2D eigenvalue weighted by Crippen LogP contribution is 2.18. The summed E-state index contributed by atoms with van der Waals surface area (Å²) in [7, 11) is 0. The van der Waals surface area contributed by atoms with Crippen LogP contribution in [0.3, 0.4) is 0 Å². The molecule has 0 unspecified atom stereocenters. The third kappa shape index (κ3) is 3.54. The zero-order valence-electron chi connectivity index (χ0n) is 13.3. The van der Waals surface area contributed by atoms with Gasteiger partial charge in [-0.15, -0.1) is 0 Å². The van der Waals surface area contributed by atoms with Crippen molar-refractivity contribution in [2.24, 2.45) is 0 Å². The molecule has 0 saturated carbocycles. The molecule has 0 aliphatic carbocycles. The minimum atomic E-state index is -0.247. The van der Waals surface area contributed by atoms with Crippen molar-refractivity contribution < 1.29 is 9.18 Å². The molecule has 0 aromatic heterocycles. The van der Waals surface area contributed by atoms with Gasteiger partial charge in [0.25, 0.3) is 5.91 Å². The van der Waals surface area contributed by atoms with Crippen LogP contribution in [0.2, 0.25) is 0 Å². The van der Waals surface area contributed by atoms with Gasteiger partial charge in [0.15, 0.2) is 0 Å². The van der Waals surface area contributed by atoms with Crippen molar-refractivity contribution in [1.29, 1.82) is 5.26 Å². The molecular weight excluding hydrogens is 305 g/mol. The van der Waals surface area contributed by atoms with Crippen LogP contribution >= 0.6 is 0 Å². The molecule has 1 aliphatic heterocycles. The van der Waals surface area contributed by atoms with Gasteiger partial charge in [-0.05, 0) is 48.9 Å². The molecule has 0 atom stereocenters. The van der Waals surface area contributed by atoms with Gasteiger partial charge in [0.1, 0.15) is 5.82 Å². The summed E-state index contributed by atoms with van der Waals surface area (Å²) >= 11 is 0. The molecule has 0 bridgehead atoms. The fourth-order valence-corrected chi connectivity index (χ4v) is 2.94. The molecule has 2 aromatic rings. The van der Waals surface area contributed by atoms with E-state index < -0.39 is 0 Å². The summed E-state index contributed by atoms with van der Waals surface area (Å²) in [6.45, 7) is 2.81. The summed E-state index contributed by atoms with van der Waals surface area (Å²) in [4.78, 5) is 16.6. The average Bonchev–Trinajstić information content (AvgIpc) is 2.88. The number of carbonyl (C=O) groups is 1. The average molecular weight is 323 g/mol. The molecule has 3 rings (SSSR count). The van der Waals surface area contributed by atoms with E-state index in [1.807, 2.05) is 4.90 Å². The summed E-state index contributed by atoms with van der Waals surface area (Å²) < 4.78 is 13.1. The summed E-state index contributed by atoms with van der Waals surface area (Å²) in [6.07, 6.45) is 0.848. The lowest BCUT2D eigenvalue weighted by molar-refractivity contribution is 0.0767. The van der Waals surface area contributed by atoms with Crippen molar-refractivity contribution in [2.75, 3.05) is 31.1 Å². The molecule has 1 heterocycles. The fraction of sp³-hybridized carbons (Fsp3) is 0.263. The number of amides is 1. The zero-order chi connectivity index (χ0) is 16.9. The first-order valence-corrected chi connectivity index (χ1v) is 7.97. The van der Waals surface area contributed by atoms with Crippen LogP contribution in [0.25, 0.3) is 0 Å². The van der Waals surface area contributed by atoms with Crippen LogP contribution in [-0.4, -0.2) is 37.0 Å². The number of rotatable bonds is 2. The number of nitriles is 1. The monoisotopic (exact) mass is 323 g/mol. The Morgan fingerprint density at radius 2 is 1.83 bits per heavy atom. The molecule has 24 heavy (non-hydrogen) atoms. The Balaban J connectivity index is 1.69. The van der Waals surface area contributed by atoms with E-state index in [1.165, 1.54) is 12.1 Å². The second kappa shape index (κ2) is 7.14. The second-order valence-corrected chi connectivity index (χ2v) is 5.80. The predicted octanol–water partition coefficient (Wildman–Crippen LogP) is 3.05. The van der Waals surface area contributed by atoms with Crippen molar-refractivity contribution in [3.63, 3.8) is 0 Å². The Kier molecular flexibility index (Phi) is 4.76. The third-order valence-electron chi connectivity index (χ3n) is 4.21. The number of halogens is 1. The van der Waals surface area contributed by atoms with E-state index in [1.54, 1.807) is 36.4 Å². The number of carbonyl (C=O) groups excluding carboxylic acids is 1. The van der Waals surface area contributed by atoms with Gasteiger partial charge >= 0.3 is 0 Å². The Labute approximate surface area is 140 Å². The van der Waals surface area contributed by atoms with Gasteiger partial charge in [0, 0.05) is 37.4 Å². The van der Waals surface area contributed by atoms with Gasteiger partial charge < -0.3 is 9.80 Å². The SMILES string of the molecule is N#Cc1cccc(C(=O)N2CCCN(c3ccc(F)cc3)CC2)c1. The van der Waals surface area contributed by atoms with Crippen molar-refractivity contribution in [1.82, 2.24) is 4.90 Å². The maximum atomic E-state index is 13.1. The van der Waals surface area contributed by atoms with Crippen molar-refractivity contribution >= 4 is 11.6 Å². The highest BCUT2D eigenvalue weighted by atomic mass is 19.1. The van der Waals surface area contributed by atoms with Gasteiger partial charge in [-0.3, -0.25) is 4.79 Å². The van der Waals surface area contributed by atoms with Crippen LogP contribution in [0.1, 0.15) is 22.3 Å². The smallest absolute Gasteiger partial charge is 0.253 e. The van der Waals surface area contributed by atoms with Crippen molar-refractivity contribution in [3.05, 3.63) is 65.5 Å². The first kappa shape index (κ1) is 16.0. The predicted molar refractivity (Wildman–Crippen MR) is 90.3 cm³/mol. The van der Waals surface area contributed by atoms with E-state index in [-0.39, 0.29) is 11.7 Å². The lowest BCUT2D eigenvalue weighted by Crippen LogP contribution is -2.35. The first-order valence-electron chi connectivity index (χ1n) is 7.97. The summed E-state index contributed by atoms with van der Waals surface area (Å²) in [6, 6.07) is 15.3.